The third kappa shape index (κ3) is 3.32. The van der Waals surface area contributed by atoms with Crippen LogP contribution >= 0.6 is 11.6 Å². The molecule has 0 saturated carbocycles. The van der Waals surface area contributed by atoms with E-state index in [4.69, 9.17) is 21.1 Å². The average molecular weight is 295 g/mol. The van der Waals surface area contributed by atoms with Gasteiger partial charge in [0.05, 0.1) is 13.7 Å². The Kier molecular flexibility index (Phi) is 5.44. The lowest BCUT2D eigenvalue weighted by Crippen LogP contribution is -2.30. The van der Waals surface area contributed by atoms with Crippen molar-refractivity contribution in [1.82, 2.24) is 4.98 Å². The van der Waals surface area contributed by atoms with E-state index in [1.54, 1.807) is 14.2 Å². The number of anilines is 1. The monoisotopic (exact) mass is 294 g/mol. The van der Waals surface area contributed by atoms with Crippen molar-refractivity contribution in [3.8, 4) is 5.75 Å². The summed E-state index contributed by atoms with van der Waals surface area (Å²) in [6, 6.07) is 7.99. The van der Waals surface area contributed by atoms with Crippen LogP contribution in [0.3, 0.4) is 0 Å². The second kappa shape index (κ2) is 7.31. The predicted molar refractivity (Wildman–Crippen MR) is 83.1 cm³/mol. The van der Waals surface area contributed by atoms with Crippen LogP contribution in [0.15, 0.2) is 30.5 Å². The van der Waals surface area contributed by atoms with E-state index in [0.717, 1.165) is 35.4 Å². The van der Waals surface area contributed by atoms with Gasteiger partial charge in [0, 0.05) is 37.7 Å². The molecule has 1 aromatic carbocycles. The predicted octanol–water partition coefficient (Wildman–Crippen LogP) is 2.94. The molecule has 4 nitrogen and oxygen atoms in total. The standard InChI is InChI=1S/C15H19ClN2O2/c1-19-10-9-18(8-6-16)15-14-11-13(20-2)4-3-12(14)5-7-17-15/h3-5,7,11H,6,8-10H2,1-2H3. The summed E-state index contributed by atoms with van der Waals surface area (Å²) in [6.07, 6.45) is 1.82. The number of methoxy groups -OCH3 is 2. The smallest absolute Gasteiger partial charge is 0.136 e. The minimum Gasteiger partial charge on any atom is -0.497 e. The molecule has 0 radical (unpaired) electrons. The summed E-state index contributed by atoms with van der Waals surface area (Å²) < 4.78 is 10.5. The fraction of sp³-hybridized carbons (Fsp3) is 0.400. The molecular formula is C15H19ClN2O2. The Morgan fingerprint density at radius 1 is 1.20 bits per heavy atom. The first-order chi connectivity index (χ1) is 9.80. The zero-order valence-corrected chi connectivity index (χ0v) is 12.6. The topological polar surface area (TPSA) is 34.6 Å². The number of halogens is 1. The maximum Gasteiger partial charge on any atom is 0.136 e. The van der Waals surface area contributed by atoms with E-state index in [-0.39, 0.29) is 0 Å². The van der Waals surface area contributed by atoms with E-state index < -0.39 is 0 Å². The number of alkyl halides is 1. The van der Waals surface area contributed by atoms with Gasteiger partial charge in [-0.1, -0.05) is 6.07 Å². The molecule has 0 aliphatic carbocycles. The zero-order chi connectivity index (χ0) is 14.4. The van der Waals surface area contributed by atoms with Crippen LogP contribution in [0.25, 0.3) is 10.8 Å². The van der Waals surface area contributed by atoms with E-state index in [9.17, 15) is 0 Å². The summed E-state index contributed by atoms with van der Waals surface area (Å²) in [6.45, 7) is 2.12. The van der Waals surface area contributed by atoms with Gasteiger partial charge in [-0.2, -0.15) is 0 Å². The molecule has 0 aliphatic heterocycles. The van der Waals surface area contributed by atoms with Crippen LogP contribution in [0.4, 0.5) is 5.82 Å². The quantitative estimate of drug-likeness (QED) is 0.736. The number of benzene rings is 1. The van der Waals surface area contributed by atoms with Gasteiger partial charge >= 0.3 is 0 Å². The van der Waals surface area contributed by atoms with Crippen LogP contribution in [-0.2, 0) is 4.74 Å². The third-order valence-electron chi connectivity index (χ3n) is 3.17. The molecule has 0 saturated heterocycles. The van der Waals surface area contributed by atoms with Gasteiger partial charge in [0.25, 0.3) is 0 Å². The number of hydrogen-bond donors (Lipinski definition) is 0. The third-order valence-corrected chi connectivity index (χ3v) is 3.34. The van der Waals surface area contributed by atoms with E-state index in [1.165, 1.54) is 0 Å². The van der Waals surface area contributed by atoms with Gasteiger partial charge in [-0.25, -0.2) is 4.98 Å². The number of fused-ring (bicyclic) bond motifs is 1. The highest BCUT2D eigenvalue weighted by atomic mass is 35.5. The molecule has 0 spiro atoms. The van der Waals surface area contributed by atoms with Crippen molar-refractivity contribution in [3.63, 3.8) is 0 Å². The minimum atomic E-state index is 0.547. The van der Waals surface area contributed by atoms with Crippen LogP contribution in [0.1, 0.15) is 0 Å². The fourth-order valence-corrected chi connectivity index (χ4v) is 2.34. The minimum absolute atomic E-state index is 0.547. The molecule has 0 atom stereocenters. The molecular weight excluding hydrogens is 276 g/mol. The summed E-state index contributed by atoms with van der Waals surface area (Å²) >= 11 is 5.90. The van der Waals surface area contributed by atoms with Crippen molar-refractivity contribution < 1.29 is 9.47 Å². The molecule has 2 aromatic rings. The number of aromatic nitrogens is 1. The van der Waals surface area contributed by atoms with Crippen LogP contribution in [0.5, 0.6) is 5.75 Å². The summed E-state index contributed by atoms with van der Waals surface area (Å²) in [4.78, 5) is 6.65. The molecule has 108 valence electrons. The van der Waals surface area contributed by atoms with E-state index >= 15 is 0 Å². The Morgan fingerprint density at radius 3 is 2.75 bits per heavy atom. The van der Waals surface area contributed by atoms with Crippen LogP contribution in [-0.4, -0.2) is 44.8 Å². The van der Waals surface area contributed by atoms with Crippen molar-refractivity contribution in [2.75, 3.05) is 44.7 Å². The molecule has 0 aliphatic rings. The zero-order valence-electron chi connectivity index (χ0n) is 11.8. The summed E-state index contributed by atoms with van der Waals surface area (Å²) in [5.74, 6) is 2.29. The number of rotatable bonds is 7. The highest BCUT2D eigenvalue weighted by molar-refractivity contribution is 6.18. The van der Waals surface area contributed by atoms with Gasteiger partial charge in [0.15, 0.2) is 0 Å². The summed E-state index contributed by atoms with van der Waals surface area (Å²) in [7, 11) is 3.36. The van der Waals surface area contributed by atoms with Crippen LogP contribution in [0, 0.1) is 0 Å². The highest BCUT2D eigenvalue weighted by Crippen LogP contribution is 2.28. The molecule has 2 rings (SSSR count). The normalized spacial score (nSPS) is 10.8. The molecule has 0 fully saturated rings. The van der Waals surface area contributed by atoms with Crippen molar-refractivity contribution in [1.29, 1.82) is 0 Å². The summed E-state index contributed by atoms with van der Waals surface area (Å²) in [5, 5.41) is 2.20. The molecule has 0 N–H and O–H groups in total. The number of ether oxygens (including phenoxy) is 2. The number of hydrogen-bond acceptors (Lipinski definition) is 4. The first-order valence-corrected chi connectivity index (χ1v) is 7.06. The Balaban J connectivity index is 2.43. The average Bonchev–Trinajstić information content (AvgIpc) is 2.50. The van der Waals surface area contributed by atoms with Crippen molar-refractivity contribution in [2.24, 2.45) is 0 Å². The van der Waals surface area contributed by atoms with Gasteiger partial charge in [-0.05, 0) is 23.6 Å². The number of nitrogens with zero attached hydrogens (tertiary/aromatic N) is 2. The van der Waals surface area contributed by atoms with Gasteiger partial charge in [-0.15, -0.1) is 11.6 Å². The Hall–Kier alpha value is -1.52. The van der Waals surface area contributed by atoms with Crippen molar-refractivity contribution >= 4 is 28.2 Å². The lowest BCUT2D eigenvalue weighted by molar-refractivity contribution is 0.205. The largest absolute Gasteiger partial charge is 0.497 e. The van der Waals surface area contributed by atoms with Gasteiger partial charge in [0.2, 0.25) is 0 Å². The van der Waals surface area contributed by atoms with Gasteiger partial charge in [-0.3, -0.25) is 0 Å². The molecule has 20 heavy (non-hydrogen) atoms. The fourth-order valence-electron chi connectivity index (χ4n) is 2.14. The second-order valence-electron chi connectivity index (χ2n) is 4.39. The SMILES string of the molecule is COCCN(CCCl)c1nccc2ccc(OC)cc12. The Labute approximate surface area is 124 Å². The molecule has 5 heteroatoms. The van der Waals surface area contributed by atoms with Crippen LogP contribution < -0.4 is 9.64 Å². The van der Waals surface area contributed by atoms with Crippen molar-refractivity contribution in [2.45, 2.75) is 0 Å². The van der Waals surface area contributed by atoms with Gasteiger partial charge in [0.1, 0.15) is 11.6 Å². The highest BCUT2D eigenvalue weighted by Gasteiger charge is 2.11. The maximum atomic E-state index is 5.90. The molecule has 1 aromatic heterocycles. The lowest BCUT2D eigenvalue weighted by atomic mass is 10.1. The maximum absolute atomic E-state index is 5.90. The lowest BCUT2D eigenvalue weighted by Gasteiger charge is -2.23. The van der Waals surface area contributed by atoms with E-state index in [2.05, 4.69) is 9.88 Å². The number of pyridine rings is 1. The Bertz CT molecular complexity index is 563. The Morgan fingerprint density at radius 2 is 2.05 bits per heavy atom. The van der Waals surface area contributed by atoms with Crippen molar-refractivity contribution in [3.05, 3.63) is 30.5 Å². The van der Waals surface area contributed by atoms with Gasteiger partial charge < -0.3 is 14.4 Å². The summed E-state index contributed by atoms with van der Waals surface area (Å²) in [5.41, 5.74) is 0. The second-order valence-corrected chi connectivity index (χ2v) is 4.77. The molecule has 1 heterocycles. The van der Waals surface area contributed by atoms with E-state index in [0.29, 0.717) is 12.5 Å². The first-order valence-electron chi connectivity index (χ1n) is 6.52. The molecule has 0 unspecified atom stereocenters. The first kappa shape index (κ1) is 14.9. The van der Waals surface area contributed by atoms with E-state index in [1.807, 2.05) is 30.5 Å². The molecule has 0 bridgehead atoms. The molecule has 0 amide bonds. The van der Waals surface area contributed by atoms with Crippen LogP contribution in [0.2, 0.25) is 0 Å².